The zero-order valence-corrected chi connectivity index (χ0v) is 69.9. The van der Waals surface area contributed by atoms with E-state index in [2.05, 4.69) is 137 Å². The van der Waals surface area contributed by atoms with Gasteiger partial charge in [0, 0.05) is 109 Å². The van der Waals surface area contributed by atoms with Crippen LogP contribution in [-0.2, 0) is 48.7 Å². The Balaban J connectivity index is 0.000000104. The molecule has 16 heterocycles. The number of furan rings is 2. The van der Waals surface area contributed by atoms with Gasteiger partial charge in [-0.05, 0) is 129 Å². The molecule has 630 valence electrons. The molecule has 37 heteroatoms. The molecular formula is C90H81N33O4. The van der Waals surface area contributed by atoms with Crippen LogP contribution in [0.5, 0.6) is 17.2 Å². The molecule has 23 rings (SSSR count). The Bertz CT molecular complexity index is 7980. The van der Waals surface area contributed by atoms with Gasteiger partial charge in [-0.25, -0.2) is 87.9 Å². The van der Waals surface area contributed by atoms with Crippen LogP contribution in [-0.4, -0.2) is 140 Å². The highest BCUT2D eigenvalue weighted by atomic mass is 16.5. The van der Waals surface area contributed by atoms with Crippen LogP contribution in [0.2, 0.25) is 0 Å². The maximum absolute atomic E-state index is 6.11. The topological polar surface area (TPSA) is 507 Å². The highest BCUT2D eigenvalue weighted by Crippen LogP contribution is 2.41. The van der Waals surface area contributed by atoms with Gasteiger partial charge in [0.2, 0.25) is 0 Å². The zero-order chi connectivity index (χ0) is 87.8. The van der Waals surface area contributed by atoms with Gasteiger partial charge < -0.3 is 57.7 Å². The smallest absolute Gasteiger partial charge is 0.163 e. The summed E-state index contributed by atoms with van der Waals surface area (Å²) in [5.74, 6) is 5.61. The minimum Gasteiger partial charge on any atom is -0.491 e. The van der Waals surface area contributed by atoms with E-state index in [9.17, 15) is 0 Å². The Kier molecular flexibility index (Phi) is 21.4. The second-order valence-electron chi connectivity index (χ2n) is 29.5. The van der Waals surface area contributed by atoms with E-state index in [1.54, 1.807) is 47.5 Å². The molecule has 0 aliphatic rings. The molecule has 0 radical (unpaired) electrons. The molecule has 0 aliphatic heterocycles. The number of hydrogen-bond donors (Lipinski definition) is 8. The molecule has 0 aliphatic carbocycles. The van der Waals surface area contributed by atoms with Crippen molar-refractivity contribution in [3.05, 3.63) is 232 Å². The van der Waals surface area contributed by atoms with Crippen molar-refractivity contribution in [2.45, 2.75) is 33.3 Å². The Hall–Kier alpha value is -17.7. The minimum atomic E-state index is 0.149. The van der Waals surface area contributed by atoms with E-state index in [0.29, 0.717) is 63.3 Å². The maximum atomic E-state index is 6.11. The van der Waals surface area contributed by atoms with Crippen LogP contribution in [0, 0.1) is 0 Å². The molecule has 127 heavy (non-hydrogen) atoms. The number of aryl methyl sites for hydroxylation is 7. The highest BCUT2D eigenvalue weighted by Gasteiger charge is 2.24. The SMILES string of the molecule is CC(C)Oc1ccc(-c2nn(C)c3ncnc(N)c23)cc1.CCc1[nH]nc2cc(-c3nn(C)c4ncnc(N)c34)ccc12.Cn1nc(-c2ccc(Oc3ccccc3)cc2)c2c(N)ncnc21.Cn1nc(-c2ccc3[nH]ccc3c2)c2c(N)ncnc21.Cn1nc(-c2cccc3c2oc2ccccc23)c2c(N)ncnc21.Cn1nc(-c2ccco2)c2c(N)ncnc21. The van der Waals surface area contributed by atoms with Gasteiger partial charge in [-0.15, -0.1) is 0 Å². The Morgan fingerprint density at radius 1 is 0.378 bits per heavy atom. The van der Waals surface area contributed by atoms with Gasteiger partial charge in [0.15, 0.2) is 39.6 Å². The molecule has 23 aromatic rings. The Morgan fingerprint density at radius 2 is 0.795 bits per heavy atom. The summed E-state index contributed by atoms with van der Waals surface area (Å²) in [6, 6.07) is 57.1. The molecule has 0 amide bonds. The number of nitrogens with zero attached hydrogens (tertiary/aromatic N) is 25. The predicted molar refractivity (Wildman–Crippen MR) is 490 cm³/mol. The summed E-state index contributed by atoms with van der Waals surface area (Å²) in [6.07, 6.45) is 13.3. The lowest BCUT2D eigenvalue weighted by Crippen LogP contribution is -2.05. The minimum absolute atomic E-state index is 0.149. The molecule has 0 bridgehead atoms. The monoisotopic (exact) mass is 1690 g/mol. The molecule has 0 unspecified atom stereocenters. The summed E-state index contributed by atoms with van der Waals surface area (Å²) < 4.78 is 33.1. The van der Waals surface area contributed by atoms with E-state index in [-0.39, 0.29) is 6.10 Å². The van der Waals surface area contributed by atoms with Gasteiger partial charge in [0.25, 0.3) is 0 Å². The first-order valence-corrected chi connectivity index (χ1v) is 39.9. The Morgan fingerprint density at radius 3 is 1.28 bits per heavy atom. The first kappa shape index (κ1) is 80.4. The van der Waals surface area contributed by atoms with E-state index in [4.69, 9.17) is 52.7 Å². The number of aromatic amines is 2. The van der Waals surface area contributed by atoms with Crippen LogP contribution >= 0.6 is 0 Å². The zero-order valence-electron chi connectivity index (χ0n) is 69.9. The summed E-state index contributed by atoms with van der Waals surface area (Å²) in [5, 5.41) is 43.5. The molecule has 14 N–H and O–H groups in total. The van der Waals surface area contributed by atoms with Crippen molar-refractivity contribution >= 4 is 145 Å². The van der Waals surface area contributed by atoms with Gasteiger partial charge in [-0.3, -0.25) is 5.10 Å². The van der Waals surface area contributed by atoms with Crippen LogP contribution in [0.25, 0.3) is 178 Å². The van der Waals surface area contributed by atoms with Crippen LogP contribution in [0.15, 0.2) is 235 Å². The van der Waals surface area contributed by atoms with Crippen LogP contribution in [0.4, 0.5) is 34.9 Å². The predicted octanol–water partition coefficient (Wildman–Crippen LogP) is 14.7. The molecule has 16 aromatic heterocycles. The van der Waals surface area contributed by atoms with Gasteiger partial charge in [-0.2, -0.15) is 35.7 Å². The van der Waals surface area contributed by atoms with Crippen molar-refractivity contribution in [3.63, 3.8) is 0 Å². The van der Waals surface area contributed by atoms with Gasteiger partial charge in [0.05, 0.1) is 50.2 Å². The summed E-state index contributed by atoms with van der Waals surface area (Å²) >= 11 is 0. The molecule has 0 fully saturated rings. The van der Waals surface area contributed by atoms with Gasteiger partial charge in [-0.1, -0.05) is 73.7 Å². The van der Waals surface area contributed by atoms with Crippen molar-refractivity contribution in [1.82, 2.24) is 134 Å². The third-order valence-corrected chi connectivity index (χ3v) is 21.0. The van der Waals surface area contributed by atoms with Crippen molar-refractivity contribution in [1.29, 1.82) is 0 Å². The lowest BCUT2D eigenvalue weighted by molar-refractivity contribution is 0.242. The highest BCUT2D eigenvalue weighted by molar-refractivity contribution is 6.13. The number of aromatic nitrogens is 27. The number of nitrogens with two attached hydrogens (primary N) is 6. The van der Waals surface area contributed by atoms with Crippen molar-refractivity contribution in [2.75, 3.05) is 34.4 Å². The van der Waals surface area contributed by atoms with Crippen molar-refractivity contribution < 1.29 is 18.3 Å². The van der Waals surface area contributed by atoms with E-state index >= 15 is 0 Å². The average molecular weight is 1690 g/mol. The van der Waals surface area contributed by atoms with Crippen molar-refractivity contribution in [3.8, 4) is 85.0 Å². The van der Waals surface area contributed by atoms with Crippen molar-refractivity contribution in [2.24, 2.45) is 42.3 Å². The molecule has 0 saturated heterocycles. The maximum Gasteiger partial charge on any atom is 0.163 e. The first-order valence-electron chi connectivity index (χ1n) is 39.9. The standard InChI is InChI=1S/C18H13N5O.C18H15N5O.C15H15N7.C15H17N5O.C14H12N6.C10H9N5O/c1-23-18-14(17(19)20-9-21-18)15(22-23)12-7-4-6-11-10-5-2-3-8-13(10)24-16(11)12;1-23-18-15(17(19)20-11-21-18)16(22-23)12-7-9-14(10-8-12)24-13-5-3-2-4-6-13;1-3-10-9-5-4-8(6-11(9)20-19-10)13-12-14(16)17-7-18-15(12)22(2)21-13;1-9(2)21-11-6-4-10(5-7-11)13-12-14(16)17-8-18-15(12)20(3)19-13;1-20-14-11(13(15)17-7-18-14)12(19-20)9-2-3-10-8(6-9)4-5-16-10;1-15-10-7(9(11)12-5-13-10)8(14-15)6-3-2-4-16-6/h2-9H,1H3,(H2,19,20,21);2-11H,1H3,(H2,19,20,21);4-7H,3H2,1-2H3,(H,19,20)(H2,16,17,18);4-9H,1-3H3,(H2,16,17,18);2-7,16H,1H3,(H2,15,17,18);2-5H,1H3,(H2,11,12,13). The van der Waals surface area contributed by atoms with E-state index in [1.165, 1.54) is 38.0 Å². The largest absolute Gasteiger partial charge is 0.491 e. The number of anilines is 6. The number of para-hydroxylation sites is 3. The summed E-state index contributed by atoms with van der Waals surface area (Å²) in [4.78, 5) is 52.9. The number of rotatable bonds is 11. The number of fused-ring (bicyclic) bond motifs is 11. The lowest BCUT2D eigenvalue weighted by Gasteiger charge is -2.09. The quantitative estimate of drug-likeness (QED) is 0.0596. The second-order valence-corrected chi connectivity index (χ2v) is 29.5. The van der Waals surface area contributed by atoms with Gasteiger partial charge >= 0.3 is 0 Å². The third kappa shape index (κ3) is 15.5. The molecule has 0 atom stereocenters. The van der Waals surface area contributed by atoms with E-state index < -0.39 is 0 Å². The molecule has 0 spiro atoms. The molecule has 0 saturated carbocycles. The van der Waals surface area contributed by atoms with Crippen LogP contribution in [0.1, 0.15) is 26.5 Å². The number of nitrogens with one attached hydrogen (secondary N) is 2. The van der Waals surface area contributed by atoms with E-state index in [1.807, 2.05) is 201 Å². The lowest BCUT2D eigenvalue weighted by atomic mass is 10.1. The fraction of sp³-hybridized carbons (Fsp3) is 0.122. The summed E-state index contributed by atoms with van der Waals surface area (Å²) in [6.45, 7) is 6.10. The Labute approximate surface area is 720 Å². The van der Waals surface area contributed by atoms with Gasteiger partial charge in [0.1, 0.15) is 135 Å². The average Bonchev–Trinajstić information content (AvgIpc) is 1.63. The number of H-pyrrole nitrogens is 2. The molecular weight excluding hydrogens is 1610 g/mol. The third-order valence-electron chi connectivity index (χ3n) is 21.0. The normalized spacial score (nSPS) is 11.3. The summed E-state index contributed by atoms with van der Waals surface area (Å²) in [7, 11) is 11.0. The van der Waals surface area contributed by atoms with Crippen LogP contribution in [0.3, 0.4) is 0 Å². The number of hydrogen-bond acceptors (Lipinski definition) is 29. The second kappa shape index (κ2) is 33.7. The van der Waals surface area contributed by atoms with Crippen LogP contribution < -0.4 is 43.9 Å². The molecule has 37 nitrogen and oxygen atoms in total. The fourth-order valence-electron chi connectivity index (χ4n) is 15.1. The number of ether oxygens (including phenoxy) is 2. The van der Waals surface area contributed by atoms with E-state index in [0.717, 1.165) is 179 Å². The first-order chi connectivity index (χ1) is 61.7. The molecule has 7 aromatic carbocycles. The fourth-order valence-corrected chi connectivity index (χ4v) is 15.1. The number of benzene rings is 7. The number of nitrogen functional groups attached to an aromatic ring is 6. The summed E-state index contributed by atoms with van der Waals surface area (Å²) in [5.41, 5.74) is 54.3.